The zero-order chi connectivity index (χ0) is 21.9. The lowest BCUT2D eigenvalue weighted by atomic mass is 10.1. The van der Waals surface area contributed by atoms with E-state index in [-0.39, 0.29) is 12.5 Å². The molecule has 0 aliphatic carbocycles. The molecule has 0 bridgehead atoms. The quantitative estimate of drug-likeness (QED) is 0.451. The molecular formula is C25H21FN2O3. The minimum Gasteiger partial charge on any atom is -0.423 e. The van der Waals surface area contributed by atoms with Crippen LogP contribution in [-0.4, -0.2) is 10.5 Å². The summed E-state index contributed by atoms with van der Waals surface area (Å²) in [6, 6.07) is 15.1. The smallest absolute Gasteiger partial charge is 0.336 e. The third-order valence-corrected chi connectivity index (χ3v) is 6.02. The van der Waals surface area contributed by atoms with Crippen molar-refractivity contribution in [2.24, 2.45) is 0 Å². The van der Waals surface area contributed by atoms with Crippen LogP contribution in [0, 0.1) is 26.6 Å². The predicted octanol–water partition coefficient (Wildman–Crippen LogP) is 4.80. The average Bonchev–Trinajstić information content (AvgIpc) is 3.18. The molecule has 1 amide bonds. The van der Waals surface area contributed by atoms with Gasteiger partial charge < -0.3 is 13.9 Å². The Balaban J connectivity index is 1.61. The van der Waals surface area contributed by atoms with Crippen LogP contribution >= 0.6 is 0 Å². The van der Waals surface area contributed by atoms with Crippen molar-refractivity contribution in [3.63, 3.8) is 0 Å². The summed E-state index contributed by atoms with van der Waals surface area (Å²) in [4.78, 5) is 26.8. The van der Waals surface area contributed by atoms with Gasteiger partial charge in [0, 0.05) is 28.4 Å². The number of nitrogens with zero attached hydrogens (tertiary/aromatic N) is 2. The van der Waals surface area contributed by atoms with Crippen LogP contribution in [0.5, 0.6) is 0 Å². The van der Waals surface area contributed by atoms with Crippen molar-refractivity contribution >= 4 is 22.6 Å². The van der Waals surface area contributed by atoms with E-state index in [4.69, 9.17) is 4.42 Å². The largest absolute Gasteiger partial charge is 0.423 e. The Kier molecular flexibility index (Phi) is 4.32. The molecule has 1 aliphatic heterocycles. The molecule has 31 heavy (non-hydrogen) atoms. The molecule has 2 aromatic carbocycles. The fourth-order valence-corrected chi connectivity index (χ4v) is 4.57. The first-order chi connectivity index (χ1) is 14.8. The van der Waals surface area contributed by atoms with E-state index < -0.39 is 17.5 Å². The van der Waals surface area contributed by atoms with E-state index in [0.717, 1.165) is 27.9 Å². The summed E-state index contributed by atoms with van der Waals surface area (Å²) < 4.78 is 22.2. The summed E-state index contributed by atoms with van der Waals surface area (Å²) in [6.07, 6.45) is 0. The van der Waals surface area contributed by atoms with Gasteiger partial charge in [0.1, 0.15) is 17.4 Å². The van der Waals surface area contributed by atoms with Gasteiger partial charge in [-0.1, -0.05) is 24.3 Å². The second kappa shape index (κ2) is 6.94. The fraction of sp³-hybridized carbons (Fsp3) is 0.200. The topological polar surface area (TPSA) is 55.5 Å². The highest BCUT2D eigenvalue weighted by molar-refractivity contribution is 6.05. The van der Waals surface area contributed by atoms with Crippen molar-refractivity contribution in [2.75, 3.05) is 4.90 Å². The molecule has 5 nitrogen and oxygen atoms in total. The molecule has 1 atom stereocenters. The van der Waals surface area contributed by atoms with Crippen LogP contribution in [-0.2, 0) is 11.3 Å². The van der Waals surface area contributed by atoms with Gasteiger partial charge in [-0.2, -0.15) is 0 Å². The zero-order valence-electron chi connectivity index (χ0n) is 17.5. The maximum atomic E-state index is 14.9. The molecule has 0 saturated carbocycles. The normalized spacial score (nSPS) is 15.7. The van der Waals surface area contributed by atoms with E-state index in [1.165, 1.54) is 17.0 Å². The number of rotatable bonds is 3. The minimum atomic E-state index is -0.610. The second-order valence-corrected chi connectivity index (χ2v) is 8.07. The summed E-state index contributed by atoms with van der Waals surface area (Å²) in [7, 11) is 0. The molecule has 0 fully saturated rings. The zero-order valence-corrected chi connectivity index (χ0v) is 17.5. The molecule has 4 aromatic rings. The number of carbonyl (C=O) groups is 1. The Bertz CT molecular complexity index is 1400. The lowest BCUT2D eigenvalue weighted by Crippen LogP contribution is -2.31. The van der Waals surface area contributed by atoms with Crippen LogP contribution < -0.4 is 10.5 Å². The number of carbonyl (C=O) groups excluding carboxylic acids is 1. The summed E-state index contributed by atoms with van der Waals surface area (Å²) in [5.74, 6) is -0.618. The Morgan fingerprint density at radius 1 is 0.968 bits per heavy atom. The van der Waals surface area contributed by atoms with Crippen LogP contribution in [0.3, 0.4) is 0 Å². The number of aromatic nitrogens is 1. The molecule has 0 spiro atoms. The van der Waals surface area contributed by atoms with E-state index in [0.29, 0.717) is 16.8 Å². The Hall–Kier alpha value is -3.67. The maximum absolute atomic E-state index is 14.9. The third-order valence-electron chi connectivity index (χ3n) is 6.02. The van der Waals surface area contributed by atoms with Gasteiger partial charge in [-0.15, -0.1) is 0 Å². The average molecular weight is 416 g/mol. The third kappa shape index (κ3) is 2.98. The van der Waals surface area contributed by atoms with Crippen LogP contribution in [0.1, 0.15) is 34.1 Å². The summed E-state index contributed by atoms with van der Waals surface area (Å²) in [5, 5.41) is 0.833. The number of hydrogen-bond acceptors (Lipinski definition) is 3. The predicted molar refractivity (Wildman–Crippen MR) is 117 cm³/mol. The molecule has 5 rings (SSSR count). The molecule has 3 heterocycles. The lowest BCUT2D eigenvalue weighted by molar-refractivity contribution is -0.120. The number of anilines is 1. The van der Waals surface area contributed by atoms with Gasteiger partial charge in [0.05, 0.1) is 12.2 Å². The van der Waals surface area contributed by atoms with Crippen LogP contribution in [0.15, 0.2) is 63.8 Å². The standard InChI is InChI=1S/C25H21FN2O3/c1-14-11-22(29)31-21-12-17(9-10-18(14)21)13-27-23-19(5-4-6-20(23)26)24(25(27)30)28-15(2)7-8-16(28)3/h4-12,24H,13H2,1-3H3. The molecule has 0 saturated heterocycles. The first-order valence-electron chi connectivity index (χ1n) is 10.1. The van der Waals surface area contributed by atoms with Crippen molar-refractivity contribution in [1.29, 1.82) is 0 Å². The van der Waals surface area contributed by atoms with Crippen LogP contribution in [0.2, 0.25) is 0 Å². The maximum Gasteiger partial charge on any atom is 0.336 e. The van der Waals surface area contributed by atoms with Gasteiger partial charge in [-0.25, -0.2) is 9.18 Å². The van der Waals surface area contributed by atoms with Gasteiger partial charge in [-0.05, 0) is 56.2 Å². The highest BCUT2D eigenvalue weighted by atomic mass is 19.1. The summed E-state index contributed by atoms with van der Waals surface area (Å²) in [5.41, 5.74) is 4.44. The molecule has 0 radical (unpaired) electrons. The highest BCUT2D eigenvalue weighted by Gasteiger charge is 2.41. The van der Waals surface area contributed by atoms with E-state index in [9.17, 15) is 14.0 Å². The van der Waals surface area contributed by atoms with Gasteiger partial charge in [0.15, 0.2) is 0 Å². The number of amides is 1. The number of benzene rings is 2. The van der Waals surface area contributed by atoms with Crippen molar-refractivity contribution in [3.05, 3.63) is 98.9 Å². The van der Waals surface area contributed by atoms with Gasteiger partial charge in [0.25, 0.3) is 5.91 Å². The van der Waals surface area contributed by atoms with E-state index >= 15 is 0 Å². The summed E-state index contributed by atoms with van der Waals surface area (Å²) in [6.45, 7) is 5.91. The SMILES string of the molecule is Cc1cc(=O)oc2cc(CN3C(=O)C(n4c(C)ccc4C)c4cccc(F)c43)ccc12. The fourth-order valence-electron chi connectivity index (χ4n) is 4.57. The molecule has 6 heteroatoms. The van der Waals surface area contributed by atoms with Crippen molar-refractivity contribution < 1.29 is 13.6 Å². The van der Waals surface area contributed by atoms with Gasteiger partial charge in [-0.3, -0.25) is 4.79 Å². The van der Waals surface area contributed by atoms with Crippen molar-refractivity contribution in [3.8, 4) is 0 Å². The highest BCUT2D eigenvalue weighted by Crippen LogP contribution is 2.42. The Morgan fingerprint density at radius 2 is 1.71 bits per heavy atom. The first-order valence-corrected chi connectivity index (χ1v) is 10.1. The number of halogens is 1. The van der Waals surface area contributed by atoms with Crippen molar-refractivity contribution in [2.45, 2.75) is 33.4 Å². The van der Waals surface area contributed by atoms with Gasteiger partial charge in [0.2, 0.25) is 0 Å². The second-order valence-electron chi connectivity index (χ2n) is 8.07. The number of hydrogen-bond donors (Lipinski definition) is 0. The van der Waals surface area contributed by atoms with Crippen LogP contribution in [0.25, 0.3) is 11.0 Å². The first kappa shape index (κ1) is 19.3. The van der Waals surface area contributed by atoms with Crippen molar-refractivity contribution in [1.82, 2.24) is 4.57 Å². The molecular weight excluding hydrogens is 395 g/mol. The molecule has 0 N–H and O–H groups in total. The van der Waals surface area contributed by atoms with E-state index in [1.807, 2.05) is 55.7 Å². The van der Waals surface area contributed by atoms with E-state index in [2.05, 4.69) is 0 Å². The monoisotopic (exact) mass is 416 g/mol. The number of para-hydroxylation sites is 1. The Morgan fingerprint density at radius 3 is 2.45 bits per heavy atom. The molecule has 1 aliphatic rings. The lowest BCUT2D eigenvalue weighted by Gasteiger charge is -2.20. The van der Waals surface area contributed by atoms with E-state index in [1.54, 1.807) is 12.1 Å². The minimum absolute atomic E-state index is 0.177. The van der Waals surface area contributed by atoms with Gasteiger partial charge >= 0.3 is 5.63 Å². The van der Waals surface area contributed by atoms with Crippen LogP contribution in [0.4, 0.5) is 10.1 Å². The Labute approximate surface area is 178 Å². The summed E-state index contributed by atoms with van der Waals surface area (Å²) >= 11 is 0. The molecule has 1 unspecified atom stereocenters. The number of fused-ring (bicyclic) bond motifs is 2. The molecule has 2 aromatic heterocycles. The number of aryl methyl sites for hydroxylation is 3. The molecule has 156 valence electrons.